The normalized spacial score (nSPS) is 11.1. The average Bonchev–Trinajstić information content (AvgIpc) is 3.28. The Balaban J connectivity index is 1.44. The lowest BCUT2D eigenvalue weighted by atomic mass is 10.2. The maximum absolute atomic E-state index is 12.4. The third-order valence-electron chi connectivity index (χ3n) is 4.25. The van der Waals surface area contributed by atoms with Crippen molar-refractivity contribution in [1.29, 1.82) is 0 Å². The fourth-order valence-electron chi connectivity index (χ4n) is 2.94. The van der Waals surface area contributed by atoms with E-state index < -0.39 is 0 Å². The van der Waals surface area contributed by atoms with E-state index in [1.165, 1.54) is 11.8 Å². The van der Waals surface area contributed by atoms with Gasteiger partial charge in [-0.3, -0.25) is 4.79 Å². The zero-order chi connectivity index (χ0) is 20.4. The van der Waals surface area contributed by atoms with Gasteiger partial charge in [-0.25, -0.2) is 4.98 Å². The topological polar surface area (TPSA) is 72.7 Å². The highest BCUT2D eigenvalue weighted by Gasteiger charge is 2.15. The Labute approximate surface area is 181 Å². The van der Waals surface area contributed by atoms with Gasteiger partial charge in [-0.05, 0) is 56.3 Å². The van der Waals surface area contributed by atoms with E-state index >= 15 is 0 Å². The second-order valence-corrected chi connectivity index (χ2v) is 8.92. The molecule has 1 amide bonds. The fourth-order valence-corrected chi connectivity index (χ4v) is 4.73. The molecule has 6 nitrogen and oxygen atoms in total. The summed E-state index contributed by atoms with van der Waals surface area (Å²) in [6.45, 7) is 4.71. The zero-order valence-corrected chi connectivity index (χ0v) is 18.2. The van der Waals surface area contributed by atoms with Gasteiger partial charge in [-0.1, -0.05) is 23.4 Å². The van der Waals surface area contributed by atoms with Gasteiger partial charge in [0.05, 0.1) is 21.0 Å². The van der Waals surface area contributed by atoms with E-state index in [9.17, 15) is 4.79 Å². The maximum atomic E-state index is 12.4. The largest absolute Gasteiger partial charge is 0.325 e. The Hall–Kier alpha value is -2.42. The molecule has 148 valence electrons. The number of thioether (sulfide) groups is 1. The van der Waals surface area contributed by atoms with Gasteiger partial charge in [-0.15, -0.1) is 21.5 Å². The molecule has 2 aromatic carbocycles. The number of carbonyl (C=O) groups is 1. The van der Waals surface area contributed by atoms with Gasteiger partial charge in [0, 0.05) is 22.8 Å². The lowest BCUT2D eigenvalue weighted by Gasteiger charge is -2.08. The lowest BCUT2D eigenvalue weighted by molar-refractivity contribution is -0.113. The van der Waals surface area contributed by atoms with Crippen molar-refractivity contribution in [3.8, 4) is 11.4 Å². The first-order valence-electron chi connectivity index (χ1n) is 9.02. The molecule has 2 aromatic heterocycles. The molecule has 0 saturated carbocycles. The predicted molar refractivity (Wildman–Crippen MR) is 120 cm³/mol. The number of carbonyl (C=O) groups excluding carboxylic acids is 1. The fraction of sp³-hybridized carbons (Fsp3) is 0.200. The van der Waals surface area contributed by atoms with Crippen molar-refractivity contribution >= 4 is 56.5 Å². The van der Waals surface area contributed by atoms with Crippen molar-refractivity contribution in [2.75, 3.05) is 11.1 Å². The highest BCUT2D eigenvalue weighted by molar-refractivity contribution is 7.99. The summed E-state index contributed by atoms with van der Waals surface area (Å²) >= 11 is 8.95. The van der Waals surface area contributed by atoms with E-state index in [4.69, 9.17) is 11.6 Å². The van der Waals surface area contributed by atoms with E-state index in [0.29, 0.717) is 16.7 Å². The molecule has 0 unspecified atom stereocenters. The SMILES string of the molecule is CCn1c(SCC(=O)Nc2ccc3nc(C)sc3c2)nnc1-c1ccc(Cl)cc1. The van der Waals surface area contributed by atoms with Crippen LogP contribution in [0.5, 0.6) is 0 Å². The third-order valence-corrected chi connectivity index (χ3v) is 6.40. The number of nitrogens with one attached hydrogen (secondary N) is 1. The Morgan fingerprint density at radius 3 is 2.76 bits per heavy atom. The van der Waals surface area contributed by atoms with Gasteiger partial charge in [0.15, 0.2) is 11.0 Å². The number of nitrogens with zero attached hydrogens (tertiary/aromatic N) is 4. The molecule has 29 heavy (non-hydrogen) atoms. The molecule has 1 N–H and O–H groups in total. The van der Waals surface area contributed by atoms with Crippen LogP contribution >= 0.6 is 34.7 Å². The van der Waals surface area contributed by atoms with Crippen molar-refractivity contribution in [2.24, 2.45) is 0 Å². The van der Waals surface area contributed by atoms with E-state index in [1.54, 1.807) is 11.3 Å². The smallest absolute Gasteiger partial charge is 0.234 e. The second kappa shape index (κ2) is 8.52. The first kappa shape index (κ1) is 19.9. The standard InChI is InChI=1S/C20H18ClN5OS2/c1-3-26-19(13-4-6-14(21)7-5-13)24-25-20(26)28-11-18(27)23-15-8-9-16-17(10-15)29-12(2)22-16/h4-10H,3,11H2,1-2H3,(H,23,27). The van der Waals surface area contributed by atoms with Gasteiger partial charge in [0.1, 0.15) is 0 Å². The summed E-state index contributed by atoms with van der Waals surface area (Å²) < 4.78 is 3.05. The summed E-state index contributed by atoms with van der Waals surface area (Å²) in [5.74, 6) is 0.922. The van der Waals surface area contributed by atoms with Gasteiger partial charge in [0.25, 0.3) is 0 Å². The number of aryl methyl sites for hydroxylation is 1. The van der Waals surface area contributed by atoms with Crippen LogP contribution in [0.2, 0.25) is 5.02 Å². The van der Waals surface area contributed by atoms with Crippen LogP contribution in [0.25, 0.3) is 21.6 Å². The molecule has 0 radical (unpaired) electrons. The molecule has 0 spiro atoms. The summed E-state index contributed by atoms with van der Waals surface area (Å²) in [6.07, 6.45) is 0. The van der Waals surface area contributed by atoms with Gasteiger partial charge < -0.3 is 9.88 Å². The van der Waals surface area contributed by atoms with E-state index in [0.717, 1.165) is 32.3 Å². The Kier molecular flexibility index (Phi) is 5.84. The van der Waals surface area contributed by atoms with Crippen LogP contribution in [0.3, 0.4) is 0 Å². The average molecular weight is 444 g/mol. The van der Waals surface area contributed by atoms with Crippen LogP contribution in [0.4, 0.5) is 5.69 Å². The highest BCUT2D eigenvalue weighted by atomic mass is 35.5. The number of amides is 1. The number of halogens is 1. The quantitative estimate of drug-likeness (QED) is 0.411. The monoisotopic (exact) mass is 443 g/mol. The molecule has 0 atom stereocenters. The maximum Gasteiger partial charge on any atom is 0.234 e. The van der Waals surface area contributed by atoms with Crippen molar-refractivity contribution in [3.63, 3.8) is 0 Å². The molecule has 9 heteroatoms. The Bertz CT molecular complexity index is 1170. The van der Waals surface area contributed by atoms with Gasteiger partial charge >= 0.3 is 0 Å². The first-order chi connectivity index (χ1) is 14.0. The first-order valence-corrected chi connectivity index (χ1v) is 11.2. The number of hydrogen-bond donors (Lipinski definition) is 1. The van der Waals surface area contributed by atoms with Crippen LogP contribution in [0, 0.1) is 6.92 Å². The van der Waals surface area contributed by atoms with Crippen LogP contribution in [-0.4, -0.2) is 31.4 Å². The van der Waals surface area contributed by atoms with E-state index in [2.05, 4.69) is 20.5 Å². The number of hydrogen-bond acceptors (Lipinski definition) is 6. The van der Waals surface area contributed by atoms with Crippen molar-refractivity contribution in [1.82, 2.24) is 19.7 Å². The summed E-state index contributed by atoms with van der Waals surface area (Å²) in [6, 6.07) is 13.2. The minimum Gasteiger partial charge on any atom is -0.325 e. The van der Waals surface area contributed by atoms with Crippen LogP contribution in [-0.2, 0) is 11.3 Å². The van der Waals surface area contributed by atoms with Crippen molar-refractivity contribution in [3.05, 3.63) is 52.5 Å². The number of rotatable bonds is 6. The van der Waals surface area contributed by atoms with Crippen LogP contribution in [0.15, 0.2) is 47.6 Å². The molecule has 4 aromatic rings. The predicted octanol–water partition coefficient (Wildman–Crippen LogP) is 5.27. The van der Waals surface area contributed by atoms with Crippen molar-refractivity contribution in [2.45, 2.75) is 25.5 Å². The molecule has 4 rings (SSSR count). The second-order valence-electron chi connectivity index (χ2n) is 6.31. The van der Waals surface area contributed by atoms with Crippen molar-refractivity contribution < 1.29 is 4.79 Å². The van der Waals surface area contributed by atoms with Crippen LogP contribution < -0.4 is 5.32 Å². The molecule has 2 heterocycles. The van der Waals surface area contributed by atoms with Gasteiger partial charge in [-0.2, -0.15) is 0 Å². The summed E-state index contributed by atoms with van der Waals surface area (Å²) in [4.78, 5) is 16.9. The molecule has 0 aliphatic heterocycles. The lowest BCUT2D eigenvalue weighted by Crippen LogP contribution is -2.14. The number of benzene rings is 2. The summed E-state index contributed by atoms with van der Waals surface area (Å²) in [5, 5.41) is 13.9. The molecular formula is C20H18ClN5OS2. The van der Waals surface area contributed by atoms with Gasteiger partial charge in [0.2, 0.25) is 5.91 Å². The highest BCUT2D eigenvalue weighted by Crippen LogP contribution is 2.27. The molecular weight excluding hydrogens is 426 g/mol. The summed E-state index contributed by atoms with van der Waals surface area (Å²) in [5.41, 5.74) is 2.66. The molecule has 0 aliphatic carbocycles. The number of anilines is 1. The minimum atomic E-state index is -0.0886. The number of fused-ring (bicyclic) bond motifs is 1. The third kappa shape index (κ3) is 4.44. The summed E-state index contributed by atoms with van der Waals surface area (Å²) in [7, 11) is 0. The Morgan fingerprint density at radius 2 is 2.00 bits per heavy atom. The van der Waals surface area contributed by atoms with E-state index in [1.807, 2.05) is 60.9 Å². The molecule has 0 saturated heterocycles. The van der Waals surface area contributed by atoms with E-state index in [-0.39, 0.29) is 11.7 Å². The zero-order valence-electron chi connectivity index (χ0n) is 15.8. The molecule has 0 fully saturated rings. The number of thiazole rings is 1. The Morgan fingerprint density at radius 1 is 1.21 bits per heavy atom. The minimum absolute atomic E-state index is 0.0886. The molecule has 0 aliphatic rings. The number of aromatic nitrogens is 4. The molecule has 0 bridgehead atoms. The van der Waals surface area contributed by atoms with Crippen LogP contribution in [0.1, 0.15) is 11.9 Å².